The van der Waals surface area contributed by atoms with E-state index in [1.807, 2.05) is 6.08 Å². The first-order valence-electron chi connectivity index (χ1n) is 2.84. The minimum absolute atomic E-state index is 0.386. The molecule has 0 saturated carbocycles. The molecule has 1 rings (SSSR count). The molecule has 0 aromatic rings. The van der Waals surface area contributed by atoms with Crippen LogP contribution in [0.5, 0.6) is 0 Å². The van der Waals surface area contributed by atoms with Crippen molar-refractivity contribution in [1.82, 2.24) is 4.31 Å². The maximum Gasteiger partial charge on any atom is 0.246 e. The van der Waals surface area contributed by atoms with Gasteiger partial charge in [0.25, 0.3) is 0 Å². The molecular formula is C6H8N2OS. The highest BCUT2D eigenvalue weighted by atomic mass is 32.1. The molecule has 1 aliphatic heterocycles. The zero-order chi connectivity index (χ0) is 7.56. The molecule has 0 atom stereocenters. The van der Waals surface area contributed by atoms with E-state index in [1.165, 1.54) is 4.31 Å². The lowest BCUT2D eigenvalue weighted by Crippen LogP contribution is -2.16. The van der Waals surface area contributed by atoms with Gasteiger partial charge < -0.3 is 10.0 Å². The first-order valence-corrected chi connectivity index (χ1v) is 3.24. The van der Waals surface area contributed by atoms with Crippen molar-refractivity contribution in [3.63, 3.8) is 0 Å². The topological polar surface area (TPSA) is 46.3 Å². The van der Waals surface area contributed by atoms with Gasteiger partial charge >= 0.3 is 0 Å². The Balaban J connectivity index is 2.71. The van der Waals surface area contributed by atoms with E-state index < -0.39 is 0 Å². The smallest absolute Gasteiger partial charge is 0.246 e. The summed E-state index contributed by atoms with van der Waals surface area (Å²) < 4.78 is 1.50. The van der Waals surface area contributed by atoms with Crippen molar-refractivity contribution in [3.8, 4) is 0 Å². The number of carbonyl (C=O) groups excluding carboxylic acids is 1. The van der Waals surface area contributed by atoms with E-state index in [0.717, 1.165) is 0 Å². The summed E-state index contributed by atoms with van der Waals surface area (Å²) in [5, 5.41) is 0. The fourth-order valence-corrected chi connectivity index (χ4v) is 0.941. The number of allylic oxidation sites excluding steroid dienone is 1. The molecule has 0 radical (unpaired) electrons. The molecule has 0 aliphatic carbocycles. The van der Waals surface area contributed by atoms with Crippen molar-refractivity contribution < 1.29 is 4.79 Å². The van der Waals surface area contributed by atoms with Crippen LogP contribution in [0.25, 0.3) is 0 Å². The molecule has 0 spiro atoms. The summed E-state index contributed by atoms with van der Waals surface area (Å²) in [5.41, 5.74) is 5.61. The summed E-state index contributed by atoms with van der Waals surface area (Å²) in [5.74, 6) is -0.386. The standard InChI is InChI=1S/C6H8N2OS/c7-6(9)5-2-1-3-8(10)4-5/h1,3-4,10H,2H2,(H2,7,9). The number of thiol groups is 1. The second-order valence-corrected chi connectivity index (χ2v) is 2.45. The fraction of sp³-hybridized carbons (Fsp3) is 0.167. The molecule has 0 aromatic heterocycles. The van der Waals surface area contributed by atoms with E-state index >= 15 is 0 Å². The zero-order valence-corrected chi connectivity index (χ0v) is 6.21. The van der Waals surface area contributed by atoms with Crippen LogP contribution in [0.15, 0.2) is 24.0 Å². The molecule has 0 unspecified atom stereocenters. The normalized spacial score (nSPS) is 16.9. The Kier molecular flexibility index (Phi) is 2.01. The highest BCUT2D eigenvalue weighted by Crippen LogP contribution is 2.12. The maximum absolute atomic E-state index is 10.6. The monoisotopic (exact) mass is 156 g/mol. The third-order valence-electron chi connectivity index (χ3n) is 1.20. The van der Waals surface area contributed by atoms with Gasteiger partial charge in [0.05, 0.1) is 0 Å². The number of nitrogens with zero attached hydrogens (tertiary/aromatic N) is 1. The van der Waals surface area contributed by atoms with Crippen molar-refractivity contribution >= 4 is 18.7 Å². The van der Waals surface area contributed by atoms with Gasteiger partial charge in [-0.1, -0.05) is 18.9 Å². The van der Waals surface area contributed by atoms with Gasteiger partial charge in [0, 0.05) is 18.0 Å². The highest BCUT2D eigenvalue weighted by Gasteiger charge is 2.06. The van der Waals surface area contributed by atoms with Gasteiger partial charge in [0.1, 0.15) is 0 Å². The summed E-state index contributed by atoms with van der Waals surface area (Å²) in [7, 11) is 0. The van der Waals surface area contributed by atoms with Crippen molar-refractivity contribution in [1.29, 1.82) is 0 Å². The molecule has 4 heteroatoms. The van der Waals surface area contributed by atoms with Crippen molar-refractivity contribution in [2.45, 2.75) is 6.42 Å². The molecule has 0 fully saturated rings. The lowest BCUT2D eigenvalue weighted by Gasteiger charge is -2.12. The average Bonchev–Trinajstić information content (AvgIpc) is 1.88. The van der Waals surface area contributed by atoms with Crippen LogP contribution >= 0.6 is 12.8 Å². The Bertz CT molecular complexity index is 210. The number of nitrogens with two attached hydrogens (primary N) is 1. The molecule has 1 aliphatic rings. The van der Waals surface area contributed by atoms with Crippen molar-refractivity contribution in [2.24, 2.45) is 5.73 Å². The first-order chi connectivity index (χ1) is 4.70. The SMILES string of the molecule is NC(=O)C1=CN(S)C=CC1. The molecule has 0 bridgehead atoms. The third-order valence-corrected chi connectivity index (χ3v) is 1.45. The first kappa shape index (κ1) is 7.21. The lowest BCUT2D eigenvalue weighted by molar-refractivity contribution is -0.114. The Labute approximate surface area is 64.7 Å². The summed E-state index contributed by atoms with van der Waals surface area (Å²) in [6.45, 7) is 0. The zero-order valence-electron chi connectivity index (χ0n) is 5.32. The number of carbonyl (C=O) groups is 1. The van der Waals surface area contributed by atoms with E-state index in [-0.39, 0.29) is 5.91 Å². The second kappa shape index (κ2) is 2.79. The number of rotatable bonds is 1. The van der Waals surface area contributed by atoms with Crippen LogP contribution in [0.4, 0.5) is 0 Å². The summed E-state index contributed by atoms with van der Waals surface area (Å²) in [6, 6.07) is 0. The largest absolute Gasteiger partial charge is 0.366 e. The van der Waals surface area contributed by atoms with Crippen molar-refractivity contribution in [3.05, 3.63) is 24.0 Å². The number of hydrogen-bond donors (Lipinski definition) is 2. The maximum atomic E-state index is 10.6. The Morgan fingerprint density at radius 1 is 1.80 bits per heavy atom. The number of amides is 1. The van der Waals surface area contributed by atoms with E-state index in [9.17, 15) is 4.79 Å². The quantitative estimate of drug-likeness (QED) is 0.540. The Morgan fingerprint density at radius 3 is 2.90 bits per heavy atom. The fourth-order valence-electron chi connectivity index (χ4n) is 0.707. The molecule has 10 heavy (non-hydrogen) atoms. The molecule has 0 saturated heterocycles. The molecule has 3 nitrogen and oxygen atoms in total. The van der Waals surface area contributed by atoms with Gasteiger partial charge in [0.2, 0.25) is 5.91 Å². The van der Waals surface area contributed by atoms with E-state index in [4.69, 9.17) is 5.73 Å². The molecule has 1 amide bonds. The van der Waals surface area contributed by atoms with Crippen LogP contribution < -0.4 is 5.73 Å². The second-order valence-electron chi connectivity index (χ2n) is 1.99. The van der Waals surface area contributed by atoms with Gasteiger partial charge in [0.15, 0.2) is 0 Å². The van der Waals surface area contributed by atoms with Gasteiger partial charge in [-0.3, -0.25) is 4.79 Å². The van der Waals surface area contributed by atoms with Crippen LogP contribution in [0.2, 0.25) is 0 Å². The molecule has 0 aromatic carbocycles. The predicted molar refractivity (Wildman–Crippen MR) is 41.9 cm³/mol. The number of primary amides is 1. The molecule has 54 valence electrons. The third kappa shape index (κ3) is 1.54. The van der Waals surface area contributed by atoms with Crippen molar-refractivity contribution in [2.75, 3.05) is 0 Å². The highest BCUT2D eigenvalue weighted by molar-refractivity contribution is 7.77. The number of hydrogen-bond acceptors (Lipinski definition) is 3. The van der Waals surface area contributed by atoms with E-state index in [1.54, 1.807) is 12.4 Å². The van der Waals surface area contributed by atoms with Crippen LogP contribution in [-0.4, -0.2) is 10.2 Å². The van der Waals surface area contributed by atoms with Crippen LogP contribution in [0.3, 0.4) is 0 Å². The Morgan fingerprint density at radius 2 is 2.50 bits per heavy atom. The molecular weight excluding hydrogens is 148 g/mol. The van der Waals surface area contributed by atoms with Gasteiger partial charge in [-0.05, 0) is 6.42 Å². The summed E-state index contributed by atoms with van der Waals surface area (Å²) >= 11 is 3.98. The van der Waals surface area contributed by atoms with Crippen LogP contribution in [0.1, 0.15) is 6.42 Å². The molecule has 1 heterocycles. The summed E-state index contributed by atoms with van der Waals surface area (Å²) in [4.78, 5) is 10.6. The van der Waals surface area contributed by atoms with Crippen LogP contribution in [0, 0.1) is 0 Å². The molecule has 2 N–H and O–H groups in total. The van der Waals surface area contributed by atoms with Gasteiger partial charge in [-0.25, -0.2) is 0 Å². The van der Waals surface area contributed by atoms with Gasteiger partial charge in [-0.2, -0.15) is 0 Å². The minimum Gasteiger partial charge on any atom is -0.366 e. The van der Waals surface area contributed by atoms with E-state index in [2.05, 4.69) is 12.8 Å². The van der Waals surface area contributed by atoms with Gasteiger partial charge in [-0.15, -0.1) is 0 Å². The lowest BCUT2D eigenvalue weighted by atomic mass is 10.1. The van der Waals surface area contributed by atoms with E-state index in [0.29, 0.717) is 12.0 Å². The average molecular weight is 156 g/mol. The summed E-state index contributed by atoms with van der Waals surface area (Å²) in [6.07, 6.45) is 5.79. The predicted octanol–water partition coefficient (Wildman–Crippen LogP) is 0.420. The minimum atomic E-state index is -0.386. The van der Waals surface area contributed by atoms with Crippen LogP contribution in [-0.2, 0) is 4.79 Å². The Hall–Kier alpha value is -0.900.